The Bertz CT molecular complexity index is 868. The molecular formula is C21H26FN3O3S. The van der Waals surface area contributed by atoms with Gasteiger partial charge in [0.15, 0.2) is 0 Å². The van der Waals surface area contributed by atoms with Crippen molar-refractivity contribution < 1.29 is 19.1 Å². The van der Waals surface area contributed by atoms with Crippen molar-refractivity contribution in [2.45, 2.75) is 46.1 Å². The van der Waals surface area contributed by atoms with Gasteiger partial charge in [0.25, 0.3) is 0 Å². The molecule has 3 rings (SSSR count). The number of anilines is 1. The molecule has 2 amide bonds. The summed E-state index contributed by atoms with van der Waals surface area (Å²) in [5.74, 6) is -0.170. The van der Waals surface area contributed by atoms with Gasteiger partial charge in [-0.2, -0.15) is 0 Å². The summed E-state index contributed by atoms with van der Waals surface area (Å²) in [5.41, 5.74) is 0.833. The van der Waals surface area contributed by atoms with Crippen LogP contribution in [0.1, 0.15) is 50.2 Å². The van der Waals surface area contributed by atoms with E-state index in [9.17, 15) is 14.0 Å². The number of thiazole rings is 1. The van der Waals surface area contributed by atoms with Gasteiger partial charge in [-0.05, 0) is 37.1 Å². The maximum Gasteiger partial charge on any atom is 0.407 e. The average molecular weight is 420 g/mol. The van der Waals surface area contributed by atoms with E-state index in [1.54, 1.807) is 28.4 Å². The first-order valence-corrected chi connectivity index (χ1v) is 10.5. The molecule has 2 aromatic rings. The van der Waals surface area contributed by atoms with Gasteiger partial charge < -0.3 is 14.9 Å². The number of carboxylic acid groups (broad SMARTS) is 1. The highest BCUT2D eigenvalue weighted by atomic mass is 32.1. The van der Waals surface area contributed by atoms with Crippen molar-refractivity contribution >= 4 is 29.0 Å². The lowest BCUT2D eigenvalue weighted by molar-refractivity contribution is -0.125. The van der Waals surface area contributed by atoms with Gasteiger partial charge in [-0.25, -0.2) is 14.2 Å². The van der Waals surface area contributed by atoms with E-state index in [4.69, 9.17) is 10.1 Å². The molecule has 1 fully saturated rings. The van der Waals surface area contributed by atoms with Crippen LogP contribution in [0.3, 0.4) is 0 Å². The molecule has 6 nitrogen and oxygen atoms in total. The first-order chi connectivity index (χ1) is 13.6. The smallest absolute Gasteiger partial charge is 0.407 e. The second-order valence-electron chi connectivity index (χ2n) is 8.34. The summed E-state index contributed by atoms with van der Waals surface area (Å²) in [5, 5.41) is 12.0. The quantitative estimate of drug-likeness (QED) is 0.778. The largest absolute Gasteiger partial charge is 0.465 e. The number of aromatic nitrogens is 1. The summed E-state index contributed by atoms with van der Waals surface area (Å²) in [6, 6.07) is 5.91. The average Bonchev–Trinajstić information content (AvgIpc) is 3.14. The van der Waals surface area contributed by atoms with Crippen LogP contribution < -0.4 is 4.90 Å². The molecule has 29 heavy (non-hydrogen) atoms. The molecule has 1 N–H and O–H groups in total. The fourth-order valence-corrected chi connectivity index (χ4v) is 4.35. The van der Waals surface area contributed by atoms with Crippen molar-refractivity contribution in [1.29, 1.82) is 0 Å². The van der Waals surface area contributed by atoms with E-state index < -0.39 is 11.5 Å². The first kappa shape index (κ1) is 21.2. The molecule has 0 radical (unpaired) electrons. The number of halogens is 1. The third-order valence-corrected chi connectivity index (χ3v) is 6.09. The standard InChI is InChI=1S/C21H26FN3O3S/c1-21(2,3)19(26)25(17-6-4-15(22)5-7-17)12-16-13-29-18(23-16)14-8-10-24(11-9-14)20(27)28/h4-7,13-14H,8-12H2,1-3H3,(H,27,28). The summed E-state index contributed by atoms with van der Waals surface area (Å²) < 4.78 is 13.3. The van der Waals surface area contributed by atoms with E-state index in [0.29, 0.717) is 25.3 Å². The van der Waals surface area contributed by atoms with Crippen molar-refractivity contribution in [2.24, 2.45) is 5.41 Å². The lowest BCUT2D eigenvalue weighted by atomic mass is 9.94. The van der Waals surface area contributed by atoms with Crippen LogP contribution in [0.25, 0.3) is 0 Å². The van der Waals surface area contributed by atoms with Crippen LogP contribution >= 0.6 is 11.3 Å². The first-order valence-electron chi connectivity index (χ1n) is 9.65. The number of carbonyl (C=O) groups excluding carboxylic acids is 1. The zero-order valence-electron chi connectivity index (χ0n) is 16.9. The topological polar surface area (TPSA) is 73.7 Å². The molecule has 1 aliphatic heterocycles. The molecule has 0 bridgehead atoms. The molecule has 0 unspecified atom stereocenters. The van der Waals surface area contributed by atoms with Gasteiger partial charge >= 0.3 is 6.09 Å². The van der Waals surface area contributed by atoms with Gasteiger partial charge in [-0.15, -0.1) is 11.3 Å². The van der Waals surface area contributed by atoms with Crippen LogP contribution in [0.4, 0.5) is 14.9 Å². The van der Waals surface area contributed by atoms with Crippen LogP contribution in [-0.2, 0) is 11.3 Å². The predicted octanol–water partition coefficient (Wildman–Crippen LogP) is 4.72. The molecule has 8 heteroatoms. The van der Waals surface area contributed by atoms with Gasteiger partial charge in [0, 0.05) is 35.5 Å². The molecular weight excluding hydrogens is 393 g/mol. The number of piperidine rings is 1. The zero-order valence-corrected chi connectivity index (χ0v) is 17.7. The third-order valence-electron chi connectivity index (χ3n) is 5.03. The molecule has 0 aliphatic carbocycles. The number of hydrogen-bond acceptors (Lipinski definition) is 4. The minimum absolute atomic E-state index is 0.0616. The lowest BCUT2D eigenvalue weighted by Crippen LogP contribution is -2.39. The predicted molar refractivity (Wildman–Crippen MR) is 111 cm³/mol. The number of benzene rings is 1. The Balaban J connectivity index is 1.76. The van der Waals surface area contributed by atoms with Crippen LogP contribution in [0.15, 0.2) is 29.6 Å². The number of nitrogens with zero attached hydrogens (tertiary/aromatic N) is 3. The van der Waals surface area contributed by atoms with Crippen LogP contribution in [0, 0.1) is 11.2 Å². The molecule has 1 saturated heterocycles. The number of hydrogen-bond donors (Lipinski definition) is 1. The van der Waals surface area contributed by atoms with Crippen molar-refractivity contribution in [3.05, 3.63) is 46.2 Å². The summed E-state index contributed by atoms with van der Waals surface area (Å²) in [4.78, 5) is 31.9. The van der Waals surface area contributed by atoms with E-state index in [0.717, 1.165) is 23.5 Å². The second kappa shape index (κ2) is 8.49. The summed E-state index contributed by atoms with van der Waals surface area (Å²) >= 11 is 1.55. The minimum atomic E-state index is -0.876. The number of rotatable bonds is 4. The van der Waals surface area contributed by atoms with Crippen molar-refractivity contribution in [3.63, 3.8) is 0 Å². The monoisotopic (exact) mass is 419 g/mol. The Morgan fingerprint density at radius 3 is 2.41 bits per heavy atom. The second-order valence-corrected chi connectivity index (χ2v) is 9.23. The normalized spacial score (nSPS) is 15.4. The third kappa shape index (κ3) is 5.12. The van der Waals surface area contributed by atoms with Gasteiger partial charge in [-0.3, -0.25) is 4.79 Å². The number of amides is 2. The maximum absolute atomic E-state index is 13.3. The molecule has 0 saturated carbocycles. The van der Waals surface area contributed by atoms with Gasteiger partial charge in [0.2, 0.25) is 5.91 Å². The van der Waals surface area contributed by atoms with E-state index in [-0.39, 0.29) is 17.6 Å². The Labute approximate surface area is 174 Å². The van der Waals surface area contributed by atoms with Gasteiger partial charge in [-0.1, -0.05) is 20.8 Å². The SMILES string of the molecule is CC(C)(C)C(=O)N(Cc1csc(C2CCN(C(=O)O)CC2)n1)c1ccc(F)cc1. The lowest BCUT2D eigenvalue weighted by Gasteiger charge is -2.29. The molecule has 1 aromatic carbocycles. The van der Waals surface area contributed by atoms with E-state index >= 15 is 0 Å². The highest BCUT2D eigenvalue weighted by molar-refractivity contribution is 7.09. The molecule has 156 valence electrons. The highest BCUT2D eigenvalue weighted by Gasteiger charge is 2.30. The van der Waals surface area contributed by atoms with Crippen LogP contribution in [0.2, 0.25) is 0 Å². The molecule has 1 aromatic heterocycles. The minimum Gasteiger partial charge on any atom is -0.465 e. The fourth-order valence-electron chi connectivity index (χ4n) is 3.37. The fraction of sp³-hybridized carbons (Fsp3) is 0.476. The Hall–Kier alpha value is -2.48. The number of carbonyl (C=O) groups is 2. The molecule has 0 atom stereocenters. The van der Waals surface area contributed by atoms with Gasteiger partial charge in [0.05, 0.1) is 17.2 Å². The van der Waals surface area contributed by atoms with Gasteiger partial charge in [0.1, 0.15) is 5.82 Å². The van der Waals surface area contributed by atoms with Crippen molar-refractivity contribution in [3.8, 4) is 0 Å². The molecule has 1 aliphatic rings. The van der Waals surface area contributed by atoms with Crippen molar-refractivity contribution in [1.82, 2.24) is 9.88 Å². The van der Waals surface area contributed by atoms with Crippen LogP contribution in [-0.4, -0.2) is 40.1 Å². The Morgan fingerprint density at radius 1 is 1.24 bits per heavy atom. The summed E-state index contributed by atoms with van der Waals surface area (Å²) in [6.07, 6.45) is 0.628. The summed E-state index contributed by atoms with van der Waals surface area (Å²) in [6.45, 7) is 6.90. The Kier molecular flexibility index (Phi) is 6.21. The molecule has 2 heterocycles. The van der Waals surface area contributed by atoms with Crippen LogP contribution in [0.5, 0.6) is 0 Å². The van der Waals surface area contributed by atoms with E-state index in [1.807, 2.05) is 26.2 Å². The Morgan fingerprint density at radius 2 is 1.86 bits per heavy atom. The number of likely N-dealkylation sites (tertiary alicyclic amines) is 1. The summed E-state index contributed by atoms with van der Waals surface area (Å²) in [7, 11) is 0. The van der Waals surface area contributed by atoms with Crippen molar-refractivity contribution in [2.75, 3.05) is 18.0 Å². The molecule has 0 spiro atoms. The van der Waals surface area contributed by atoms with E-state index in [1.165, 1.54) is 17.0 Å². The van der Waals surface area contributed by atoms with E-state index in [2.05, 4.69) is 0 Å². The maximum atomic E-state index is 13.3. The highest BCUT2D eigenvalue weighted by Crippen LogP contribution is 2.32. The zero-order chi connectivity index (χ0) is 21.2.